The molecular formula is C30H33N5O4. The average Bonchev–Trinajstić information content (AvgIpc) is 3.38. The zero-order valence-corrected chi connectivity index (χ0v) is 21.9. The van der Waals surface area contributed by atoms with Crippen molar-refractivity contribution in [3.05, 3.63) is 78.1 Å². The van der Waals surface area contributed by atoms with Gasteiger partial charge in [-0.1, -0.05) is 36.4 Å². The standard InChI is InChI=1S/C30H33N5O4/c36-26(19-33-10-8-22-4-1-2-5-25(22)18-33)21-39-27-7-3-6-23(16-27)29-31-17-24-9-11-35(30(24)32-29)20-28(37)34-12-14-38-15-13-34/h1-7,9,11,16-17,26,36H,8,10,12-15,18-21H2. The first-order chi connectivity index (χ1) is 19.1. The van der Waals surface area contributed by atoms with Gasteiger partial charge in [0, 0.05) is 56.1 Å². The number of hydrogen-bond acceptors (Lipinski definition) is 7. The van der Waals surface area contributed by atoms with Gasteiger partial charge < -0.3 is 24.0 Å². The predicted octanol–water partition coefficient (Wildman–Crippen LogP) is 2.76. The molecule has 2 aromatic carbocycles. The molecule has 0 aliphatic carbocycles. The van der Waals surface area contributed by atoms with Gasteiger partial charge in [0.2, 0.25) is 5.91 Å². The number of hydrogen-bond donors (Lipinski definition) is 1. The Bertz CT molecular complexity index is 1450. The monoisotopic (exact) mass is 527 g/mol. The summed E-state index contributed by atoms with van der Waals surface area (Å²) in [5, 5.41) is 11.5. The highest BCUT2D eigenvalue weighted by Crippen LogP contribution is 2.24. The van der Waals surface area contributed by atoms with Gasteiger partial charge in [-0.25, -0.2) is 9.97 Å². The van der Waals surface area contributed by atoms with Crippen LogP contribution in [0.2, 0.25) is 0 Å². The largest absolute Gasteiger partial charge is 0.491 e. The summed E-state index contributed by atoms with van der Waals surface area (Å²) in [6, 6.07) is 18.0. The van der Waals surface area contributed by atoms with E-state index >= 15 is 0 Å². The lowest BCUT2D eigenvalue weighted by Gasteiger charge is -2.30. The summed E-state index contributed by atoms with van der Waals surface area (Å²) in [5.74, 6) is 1.26. The first-order valence-electron chi connectivity index (χ1n) is 13.5. The van der Waals surface area contributed by atoms with Crippen molar-refractivity contribution in [3.8, 4) is 17.1 Å². The molecule has 4 aromatic rings. The van der Waals surface area contributed by atoms with Crippen molar-refractivity contribution in [3.63, 3.8) is 0 Å². The molecule has 2 aliphatic rings. The van der Waals surface area contributed by atoms with E-state index < -0.39 is 6.10 Å². The van der Waals surface area contributed by atoms with Crippen molar-refractivity contribution >= 4 is 16.9 Å². The fourth-order valence-electron chi connectivity index (χ4n) is 5.27. The number of aromatic nitrogens is 3. The summed E-state index contributed by atoms with van der Waals surface area (Å²) < 4.78 is 13.2. The number of nitrogens with zero attached hydrogens (tertiary/aromatic N) is 5. The summed E-state index contributed by atoms with van der Waals surface area (Å²) in [7, 11) is 0. The number of carbonyl (C=O) groups excluding carboxylic acids is 1. The molecule has 4 heterocycles. The van der Waals surface area contributed by atoms with E-state index in [1.54, 1.807) is 6.20 Å². The number of β-amino-alcohol motifs (C(OH)–C–C–N with tert-alkyl or cyclic N) is 1. The normalized spacial score (nSPS) is 16.7. The fourth-order valence-corrected chi connectivity index (χ4v) is 5.27. The van der Waals surface area contributed by atoms with Crippen molar-refractivity contribution in [2.75, 3.05) is 46.0 Å². The molecule has 1 saturated heterocycles. The molecule has 9 nitrogen and oxygen atoms in total. The van der Waals surface area contributed by atoms with E-state index in [0.717, 1.165) is 30.5 Å². The van der Waals surface area contributed by atoms with Crippen LogP contribution in [0.15, 0.2) is 67.0 Å². The van der Waals surface area contributed by atoms with Gasteiger partial charge in [0.15, 0.2) is 5.82 Å². The van der Waals surface area contributed by atoms with Gasteiger partial charge in [0.05, 0.1) is 13.2 Å². The smallest absolute Gasteiger partial charge is 0.242 e. The van der Waals surface area contributed by atoms with Gasteiger partial charge in [-0.3, -0.25) is 9.69 Å². The number of rotatable bonds is 8. The molecule has 2 aliphatic heterocycles. The molecule has 0 bridgehead atoms. The molecule has 6 rings (SSSR count). The molecule has 2 aromatic heterocycles. The molecule has 0 spiro atoms. The number of amides is 1. The molecule has 1 unspecified atom stereocenters. The second kappa shape index (κ2) is 11.5. The Morgan fingerprint density at radius 3 is 2.77 bits per heavy atom. The minimum atomic E-state index is -0.598. The number of fused-ring (bicyclic) bond motifs is 2. The zero-order valence-electron chi connectivity index (χ0n) is 21.9. The van der Waals surface area contributed by atoms with Crippen molar-refractivity contribution in [1.82, 2.24) is 24.3 Å². The predicted molar refractivity (Wildman–Crippen MR) is 147 cm³/mol. The van der Waals surface area contributed by atoms with Gasteiger partial charge >= 0.3 is 0 Å². The minimum absolute atomic E-state index is 0.0543. The second-order valence-corrected chi connectivity index (χ2v) is 10.2. The van der Waals surface area contributed by atoms with Crippen molar-refractivity contribution in [1.29, 1.82) is 0 Å². The highest BCUT2D eigenvalue weighted by Gasteiger charge is 2.20. The summed E-state index contributed by atoms with van der Waals surface area (Å²) >= 11 is 0. The Morgan fingerprint density at radius 1 is 1.05 bits per heavy atom. The third kappa shape index (κ3) is 5.95. The lowest BCUT2D eigenvalue weighted by atomic mass is 10.00. The quantitative estimate of drug-likeness (QED) is 0.377. The Kier molecular flexibility index (Phi) is 7.53. The van der Waals surface area contributed by atoms with Crippen LogP contribution in [-0.2, 0) is 29.0 Å². The van der Waals surface area contributed by atoms with E-state index in [1.807, 2.05) is 46.0 Å². The third-order valence-corrected chi connectivity index (χ3v) is 7.38. The van der Waals surface area contributed by atoms with E-state index in [9.17, 15) is 9.90 Å². The van der Waals surface area contributed by atoms with Crippen molar-refractivity contribution < 1.29 is 19.4 Å². The van der Waals surface area contributed by atoms with Gasteiger partial charge in [-0.05, 0) is 35.7 Å². The number of aliphatic hydroxyl groups excluding tert-OH is 1. The third-order valence-electron chi connectivity index (χ3n) is 7.38. The van der Waals surface area contributed by atoms with E-state index in [0.29, 0.717) is 50.1 Å². The second-order valence-electron chi connectivity index (χ2n) is 10.2. The molecule has 39 heavy (non-hydrogen) atoms. The number of morpholine rings is 1. The maximum Gasteiger partial charge on any atom is 0.242 e. The average molecular weight is 528 g/mol. The zero-order chi connectivity index (χ0) is 26.6. The molecule has 1 amide bonds. The maximum absolute atomic E-state index is 12.8. The number of aliphatic hydroxyl groups is 1. The highest BCUT2D eigenvalue weighted by atomic mass is 16.5. The first-order valence-corrected chi connectivity index (χ1v) is 13.5. The lowest BCUT2D eigenvalue weighted by Crippen LogP contribution is -2.42. The van der Waals surface area contributed by atoms with E-state index in [1.165, 1.54) is 11.1 Å². The highest BCUT2D eigenvalue weighted by molar-refractivity contribution is 5.81. The van der Waals surface area contributed by atoms with E-state index in [-0.39, 0.29) is 19.1 Å². The van der Waals surface area contributed by atoms with Crippen LogP contribution in [0, 0.1) is 0 Å². The van der Waals surface area contributed by atoms with Crippen LogP contribution in [0.25, 0.3) is 22.4 Å². The molecule has 0 saturated carbocycles. The van der Waals surface area contributed by atoms with Gasteiger partial charge in [0.1, 0.15) is 30.7 Å². The van der Waals surface area contributed by atoms with Crippen molar-refractivity contribution in [2.24, 2.45) is 0 Å². The van der Waals surface area contributed by atoms with Gasteiger partial charge in [-0.2, -0.15) is 0 Å². The molecule has 202 valence electrons. The number of benzene rings is 2. The molecular weight excluding hydrogens is 494 g/mol. The fraction of sp³-hybridized carbons (Fsp3) is 0.367. The molecule has 0 radical (unpaired) electrons. The molecule has 1 N–H and O–H groups in total. The maximum atomic E-state index is 12.8. The molecule has 1 fully saturated rings. The molecule has 9 heteroatoms. The van der Waals surface area contributed by atoms with Gasteiger partial charge in [-0.15, -0.1) is 0 Å². The van der Waals surface area contributed by atoms with Crippen LogP contribution < -0.4 is 4.74 Å². The van der Waals surface area contributed by atoms with E-state index in [4.69, 9.17) is 14.5 Å². The van der Waals surface area contributed by atoms with Crippen LogP contribution in [0.5, 0.6) is 5.75 Å². The number of carbonyl (C=O) groups is 1. The summed E-state index contributed by atoms with van der Waals surface area (Å²) in [6.07, 6.45) is 4.06. The van der Waals surface area contributed by atoms with Crippen LogP contribution in [0.4, 0.5) is 0 Å². The van der Waals surface area contributed by atoms with Crippen LogP contribution >= 0.6 is 0 Å². The number of ether oxygens (including phenoxy) is 2. The summed E-state index contributed by atoms with van der Waals surface area (Å²) in [4.78, 5) is 26.2. The lowest BCUT2D eigenvalue weighted by molar-refractivity contribution is -0.135. The SMILES string of the molecule is O=C(Cn1ccc2cnc(-c3cccc(OCC(O)CN4CCc5ccccc5C4)c3)nc21)N1CCOCC1. The molecule has 1 atom stereocenters. The Hall–Kier alpha value is -3.79. The Labute approximate surface area is 227 Å². The minimum Gasteiger partial charge on any atom is -0.491 e. The summed E-state index contributed by atoms with van der Waals surface area (Å²) in [5.41, 5.74) is 4.25. The van der Waals surface area contributed by atoms with E-state index in [2.05, 4.69) is 34.1 Å². The van der Waals surface area contributed by atoms with Crippen LogP contribution in [0.3, 0.4) is 0 Å². The van der Waals surface area contributed by atoms with Crippen molar-refractivity contribution in [2.45, 2.75) is 25.6 Å². The van der Waals surface area contributed by atoms with Gasteiger partial charge in [0.25, 0.3) is 0 Å². The van der Waals surface area contributed by atoms with Crippen LogP contribution in [0.1, 0.15) is 11.1 Å². The Balaban J connectivity index is 1.09. The van der Waals surface area contributed by atoms with Crippen LogP contribution in [-0.4, -0.2) is 87.5 Å². The summed E-state index contributed by atoms with van der Waals surface area (Å²) in [6.45, 7) is 5.16. The first kappa shape index (κ1) is 25.5. The Morgan fingerprint density at radius 2 is 1.90 bits per heavy atom. The topological polar surface area (TPSA) is 93.0 Å².